The summed E-state index contributed by atoms with van der Waals surface area (Å²) in [6, 6.07) is -0.935. The molecule has 0 aromatic heterocycles. The third-order valence-corrected chi connectivity index (χ3v) is 2.73. The Labute approximate surface area is 91.9 Å². The van der Waals surface area contributed by atoms with E-state index < -0.39 is 12.0 Å². The van der Waals surface area contributed by atoms with Crippen LogP contribution < -0.4 is 5.73 Å². The van der Waals surface area contributed by atoms with Crippen LogP contribution in [-0.4, -0.2) is 28.7 Å². The Bertz CT molecular complexity index is 290. The van der Waals surface area contributed by atoms with Crippen LogP contribution in [0.25, 0.3) is 0 Å². The van der Waals surface area contributed by atoms with E-state index in [1.807, 2.05) is 0 Å². The zero-order chi connectivity index (χ0) is 11.3. The normalized spacial score (nSPS) is 18.2. The van der Waals surface area contributed by atoms with Crippen LogP contribution in [0, 0.1) is 0 Å². The Hall–Kier alpha value is -1.01. The molecule has 0 radical (unpaired) electrons. The van der Waals surface area contributed by atoms with Crippen LogP contribution in [0.3, 0.4) is 0 Å². The number of carboxylic acid groups (broad SMARTS) is 1. The molecule has 0 spiro atoms. The molecule has 6 heteroatoms. The van der Waals surface area contributed by atoms with Crippen LogP contribution >= 0.6 is 12.0 Å². The van der Waals surface area contributed by atoms with E-state index >= 15 is 0 Å². The molecule has 1 unspecified atom stereocenters. The first-order valence-electron chi connectivity index (χ1n) is 4.61. The second-order valence-corrected chi connectivity index (χ2v) is 3.98. The lowest BCUT2D eigenvalue weighted by Crippen LogP contribution is -2.32. The summed E-state index contributed by atoms with van der Waals surface area (Å²) in [6.45, 7) is 0. The van der Waals surface area contributed by atoms with Crippen molar-refractivity contribution in [2.45, 2.75) is 25.3 Å². The standard InChI is InChI=1S/C9H13NO4S/c10-8(9(12)13)5-15-14-7-3-1-2-6(11)4-7/h4,8H,1-3,5,10H2,(H,12,13). The van der Waals surface area contributed by atoms with E-state index in [9.17, 15) is 9.59 Å². The minimum atomic E-state index is -1.06. The quantitative estimate of drug-likeness (QED) is 0.677. The van der Waals surface area contributed by atoms with Crippen molar-refractivity contribution in [1.82, 2.24) is 0 Å². The van der Waals surface area contributed by atoms with Crippen LogP contribution in [0.15, 0.2) is 11.8 Å². The highest BCUT2D eigenvalue weighted by Gasteiger charge is 2.14. The summed E-state index contributed by atoms with van der Waals surface area (Å²) in [5, 5.41) is 8.50. The number of aliphatic carboxylic acids is 1. The molecule has 0 heterocycles. The lowest BCUT2D eigenvalue weighted by Gasteiger charge is -2.12. The third-order valence-electron chi connectivity index (χ3n) is 1.90. The molecule has 1 aliphatic carbocycles. The Balaban J connectivity index is 2.25. The molecule has 1 aliphatic rings. The average Bonchev–Trinajstić information content (AvgIpc) is 2.17. The molecule has 0 aromatic carbocycles. The zero-order valence-corrected chi connectivity index (χ0v) is 8.96. The van der Waals surface area contributed by atoms with Crippen LogP contribution in [0.1, 0.15) is 19.3 Å². The first kappa shape index (κ1) is 12.1. The van der Waals surface area contributed by atoms with Gasteiger partial charge < -0.3 is 15.0 Å². The van der Waals surface area contributed by atoms with Gasteiger partial charge in [-0.05, 0) is 6.42 Å². The van der Waals surface area contributed by atoms with Crippen LogP contribution in [0.4, 0.5) is 0 Å². The maximum absolute atomic E-state index is 11.0. The van der Waals surface area contributed by atoms with Crippen molar-refractivity contribution in [2.24, 2.45) is 5.73 Å². The molecule has 0 aliphatic heterocycles. The molecule has 0 saturated carbocycles. The number of ketones is 1. The minimum absolute atomic E-state index is 0.0550. The van der Waals surface area contributed by atoms with Crippen molar-refractivity contribution in [3.05, 3.63) is 11.8 Å². The maximum atomic E-state index is 11.0. The number of nitrogens with two attached hydrogens (primary N) is 1. The lowest BCUT2D eigenvalue weighted by atomic mass is 10.1. The van der Waals surface area contributed by atoms with E-state index in [4.69, 9.17) is 15.0 Å². The SMILES string of the molecule is NC(CSOC1=CC(=O)CCC1)C(=O)O. The summed E-state index contributed by atoms with van der Waals surface area (Å²) < 4.78 is 5.19. The molecule has 5 nitrogen and oxygen atoms in total. The highest BCUT2D eigenvalue weighted by molar-refractivity contribution is 7.94. The van der Waals surface area contributed by atoms with Crippen molar-refractivity contribution in [3.63, 3.8) is 0 Å². The van der Waals surface area contributed by atoms with E-state index in [0.717, 1.165) is 24.9 Å². The van der Waals surface area contributed by atoms with Gasteiger partial charge in [0.2, 0.25) is 0 Å². The second-order valence-electron chi connectivity index (χ2n) is 3.24. The smallest absolute Gasteiger partial charge is 0.321 e. The molecule has 1 atom stereocenters. The molecule has 3 N–H and O–H groups in total. The zero-order valence-electron chi connectivity index (χ0n) is 8.14. The Kier molecular flexibility index (Phi) is 4.64. The van der Waals surface area contributed by atoms with Crippen LogP contribution in [-0.2, 0) is 13.8 Å². The van der Waals surface area contributed by atoms with Gasteiger partial charge in [0.1, 0.15) is 11.8 Å². The van der Waals surface area contributed by atoms with E-state index in [0.29, 0.717) is 12.2 Å². The number of rotatable bonds is 5. The summed E-state index contributed by atoms with van der Waals surface area (Å²) >= 11 is 0.972. The summed E-state index contributed by atoms with van der Waals surface area (Å²) in [7, 11) is 0. The predicted molar refractivity (Wildman–Crippen MR) is 56.1 cm³/mol. The van der Waals surface area contributed by atoms with Crippen molar-refractivity contribution < 1.29 is 18.9 Å². The Morgan fingerprint density at radius 3 is 3.00 bits per heavy atom. The Morgan fingerprint density at radius 1 is 1.67 bits per heavy atom. The summed E-state index contributed by atoms with van der Waals surface area (Å²) in [4.78, 5) is 21.4. The molecule has 0 saturated heterocycles. The molecule has 1 rings (SSSR count). The Morgan fingerprint density at radius 2 is 2.40 bits per heavy atom. The van der Waals surface area contributed by atoms with E-state index in [1.165, 1.54) is 6.08 Å². The monoisotopic (exact) mass is 231 g/mol. The fraction of sp³-hybridized carbons (Fsp3) is 0.556. The van der Waals surface area contributed by atoms with Gasteiger partial charge in [0.15, 0.2) is 5.78 Å². The molecule has 0 fully saturated rings. The summed E-state index contributed by atoms with van der Waals surface area (Å²) in [5.74, 6) is -0.228. The number of hydrogen-bond acceptors (Lipinski definition) is 5. The number of carbonyl (C=O) groups excluding carboxylic acids is 1. The van der Waals surface area contributed by atoms with Crippen molar-refractivity contribution in [1.29, 1.82) is 0 Å². The largest absolute Gasteiger partial charge is 0.480 e. The molecule has 0 bridgehead atoms. The third kappa shape index (κ3) is 4.35. The number of hydrogen-bond donors (Lipinski definition) is 2. The lowest BCUT2D eigenvalue weighted by molar-refractivity contribution is -0.137. The van der Waals surface area contributed by atoms with Gasteiger partial charge >= 0.3 is 5.97 Å². The van der Waals surface area contributed by atoms with Crippen LogP contribution in [0.5, 0.6) is 0 Å². The van der Waals surface area contributed by atoms with Gasteiger partial charge in [-0.1, -0.05) is 0 Å². The molecular formula is C9H13NO4S. The average molecular weight is 231 g/mol. The topological polar surface area (TPSA) is 89.6 Å². The van der Waals surface area contributed by atoms with Gasteiger partial charge in [0, 0.05) is 18.9 Å². The maximum Gasteiger partial charge on any atom is 0.321 e. The van der Waals surface area contributed by atoms with Crippen molar-refractivity contribution >= 4 is 23.8 Å². The molecule has 0 aromatic rings. The number of allylic oxidation sites excluding steroid dienone is 2. The van der Waals surface area contributed by atoms with Gasteiger partial charge in [-0.25, -0.2) is 0 Å². The summed E-state index contributed by atoms with van der Waals surface area (Å²) in [6.07, 6.45) is 3.53. The van der Waals surface area contributed by atoms with Gasteiger partial charge in [0.05, 0.1) is 17.8 Å². The first-order valence-corrected chi connectivity index (χ1v) is 5.52. The van der Waals surface area contributed by atoms with Gasteiger partial charge in [-0.2, -0.15) is 0 Å². The van der Waals surface area contributed by atoms with Gasteiger partial charge in [-0.3, -0.25) is 9.59 Å². The van der Waals surface area contributed by atoms with E-state index in [-0.39, 0.29) is 11.5 Å². The number of carbonyl (C=O) groups is 2. The van der Waals surface area contributed by atoms with Gasteiger partial charge in [-0.15, -0.1) is 0 Å². The second kappa shape index (κ2) is 5.77. The molecule has 15 heavy (non-hydrogen) atoms. The highest BCUT2D eigenvalue weighted by atomic mass is 32.2. The highest BCUT2D eigenvalue weighted by Crippen LogP contribution is 2.21. The fourth-order valence-corrected chi connectivity index (χ4v) is 1.72. The van der Waals surface area contributed by atoms with Crippen molar-refractivity contribution in [3.8, 4) is 0 Å². The number of carboxylic acids is 1. The molecular weight excluding hydrogens is 218 g/mol. The summed E-state index contributed by atoms with van der Waals surface area (Å²) in [5.41, 5.74) is 5.27. The van der Waals surface area contributed by atoms with Crippen molar-refractivity contribution in [2.75, 3.05) is 5.75 Å². The van der Waals surface area contributed by atoms with E-state index in [2.05, 4.69) is 0 Å². The predicted octanol–water partition coefficient (Wildman–Crippen LogP) is 0.700. The van der Waals surface area contributed by atoms with E-state index in [1.54, 1.807) is 0 Å². The molecule has 0 amide bonds. The van der Waals surface area contributed by atoms with Gasteiger partial charge in [0.25, 0.3) is 0 Å². The molecule has 84 valence electrons. The van der Waals surface area contributed by atoms with Crippen LogP contribution in [0.2, 0.25) is 0 Å². The minimum Gasteiger partial charge on any atom is -0.480 e. The fourth-order valence-electron chi connectivity index (χ4n) is 1.08. The first-order chi connectivity index (χ1) is 7.09.